The molecule has 1 aromatic rings. The molecule has 0 aromatic heterocycles. The molecule has 1 aromatic carbocycles. The molecule has 0 heterocycles. The van der Waals surface area contributed by atoms with Gasteiger partial charge in [0.25, 0.3) is 0 Å². The number of anilines is 1. The van der Waals surface area contributed by atoms with Crippen molar-refractivity contribution in [2.75, 3.05) is 31.7 Å². The Labute approximate surface area is 124 Å². The molecule has 0 spiro atoms. The van der Waals surface area contributed by atoms with Crippen LogP contribution in [0.4, 0.5) is 5.69 Å². The van der Waals surface area contributed by atoms with Crippen molar-refractivity contribution in [1.29, 1.82) is 0 Å². The van der Waals surface area contributed by atoms with Gasteiger partial charge in [0.15, 0.2) is 0 Å². The van der Waals surface area contributed by atoms with Crippen LogP contribution in [0.25, 0.3) is 0 Å². The highest BCUT2D eigenvalue weighted by Gasteiger charge is 2.20. The predicted octanol–water partition coefficient (Wildman–Crippen LogP) is 3.17. The maximum atomic E-state index is 5.16. The van der Waals surface area contributed by atoms with E-state index in [0.29, 0.717) is 0 Å². The first-order valence-corrected chi connectivity index (χ1v) is 7.79. The van der Waals surface area contributed by atoms with Crippen LogP contribution in [0.3, 0.4) is 0 Å². The SMILES string of the molecule is CCN(CCOC)c1ccc(CNC2CC2)cc1Br. The van der Waals surface area contributed by atoms with Crippen LogP contribution < -0.4 is 10.2 Å². The summed E-state index contributed by atoms with van der Waals surface area (Å²) < 4.78 is 6.33. The van der Waals surface area contributed by atoms with Gasteiger partial charge in [-0.25, -0.2) is 0 Å². The van der Waals surface area contributed by atoms with Gasteiger partial charge in [0.1, 0.15) is 0 Å². The average molecular weight is 327 g/mol. The zero-order valence-corrected chi connectivity index (χ0v) is 13.4. The van der Waals surface area contributed by atoms with Crippen LogP contribution in [0.5, 0.6) is 0 Å². The summed E-state index contributed by atoms with van der Waals surface area (Å²) in [6.45, 7) is 5.80. The monoisotopic (exact) mass is 326 g/mol. The lowest BCUT2D eigenvalue weighted by atomic mass is 10.2. The molecule has 106 valence electrons. The highest BCUT2D eigenvalue weighted by Crippen LogP contribution is 2.28. The fraction of sp³-hybridized carbons (Fsp3) is 0.600. The standard InChI is InChI=1S/C15H23BrN2O/c1-3-18(8-9-19-2)15-7-4-12(10-14(15)16)11-17-13-5-6-13/h4,7,10,13,17H,3,5-6,8-9,11H2,1-2H3. The van der Waals surface area contributed by atoms with Crippen molar-refractivity contribution >= 4 is 21.6 Å². The maximum Gasteiger partial charge on any atom is 0.0637 e. The lowest BCUT2D eigenvalue weighted by molar-refractivity contribution is 0.205. The molecule has 2 rings (SSSR count). The zero-order valence-electron chi connectivity index (χ0n) is 11.8. The van der Waals surface area contributed by atoms with Crippen LogP contribution in [-0.2, 0) is 11.3 Å². The van der Waals surface area contributed by atoms with Gasteiger partial charge in [-0.2, -0.15) is 0 Å². The molecule has 0 unspecified atom stereocenters. The molecule has 3 nitrogen and oxygen atoms in total. The highest BCUT2D eigenvalue weighted by atomic mass is 79.9. The van der Waals surface area contributed by atoms with Crippen LogP contribution in [-0.4, -0.2) is 32.8 Å². The zero-order chi connectivity index (χ0) is 13.7. The maximum absolute atomic E-state index is 5.16. The molecule has 0 saturated heterocycles. The minimum Gasteiger partial charge on any atom is -0.383 e. The number of halogens is 1. The third-order valence-corrected chi connectivity index (χ3v) is 4.11. The van der Waals surface area contributed by atoms with Gasteiger partial charge in [-0.15, -0.1) is 0 Å². The lowest BCUT2D eigenvalue weighted by Gasteiger charge is -2.24. The third-order valence-electron chi connectivity index (χ3n) is 3.47. The molecule has 0 aliphatic heterocycles. The number of nitrogens with one attached hydrogen (secondary N) is 1. The summed E-state index contributed by atoms with van der Waals surface area (Å²) in [6.07, 6.45) is 2.67. The van der Waals surface area contributed by atoms with Gasteiger partial charge in [-0.1, -0.05) is 6.07 Å². The first-order valence-electron chi connectivity index (χ1n) is 7.00. The van der Waals surface area contributed by atoms with Crippen molar-refractivity contribution < 1.29 is 4.74 Å². The summed E-state index contributed by atoms with van der Waals surface area (Å²) in [4.78, 5) is 2.33. The molecule has 0 bridgehead atoms. The first kappa shape index (κ1) is 14.8. The van der Waals surface area contributed by atoms with Crippen molar-refractivity contribution in [3.8, 4) is 0 Å². The molecule has 19 heavy (non-hydrogen) atoms. The molecular formula is C15H23BrN2O. The number of nitrogens with zero attached hydrogens (tertiary/aromatic N) is 1. The van der Waals surface area contributed by atoms with Gasteiger partial charge >= 0.3 is 0 Å². The lowest BCUT2D eigenvalue weighted by Crippen LogP contribution is -2.27. The number of hydrogen-bond acceptors (Lipinski definition) is 3. The van der Waals surface area contributed by atoms with Gasteiger partial charge in [0, 0.05) is 37.3 Å². The van der Waals surface area contributed by atoms with E-state index in [1.165, 1.54) is 28.6 Å². The van der Waals surface area contributed by atoms with Crippen LogP contribution in [0, 0.1) is 0 Å². The summed E-state index contributed by atoms with van der Waals surface area (Å²) in [5.41, 5.74) is 2.58. The molecule has 1 saturated carbocycles. The summed E-state index contributed by atoms with van der Waals surface area (Å²) in [7, 11) is 1.75. The van der Waals surface area contributed by atoms with Crippen molar-refractivity contribution in [3.05, 3.63) is 28.2 Å². The number of ether oxygens (including phenoxy) is 1. The van der Waals surface area contributed by atoms with Crippen molar-refractivity contribution in [2.45, 2.75) is 32.4 Å². The molecule has 0 radical (unpaired) electrons. The average Bonchev–Trinajstić information content (AvgIpc) is 3.23. The number of hydrogen-bond donors (Lipinski definition) is 1. The van der Waals surface area contributed by atoms with Gasteiger partial charge < -0.3 is 15.0 Å². The van der Waals surface area contributed by atoms with E-state index in [9.17, 15) is 0 Å². The minimum absolute atomic E-state index is 0.755. The normalized spacial score (nSPS) is 14.7. The van der Waals surface area contributed by atoms with E-state index in [-0.39, 0.29) is 0 Å². The van der Waals surface area contributed by atoms with Crippen LogP contribution in [0.2, 0.25) is 0 Å². The molecule has 1 aliphatic carbocycles. The van der Waals surface area contributed by atoms with Gasteiger partial charge in [0.05, 0.1) is 12.3 Å². The first-order chi connectivity index (χ1) is 9.24. The second-order valence-electron chi connectivity index (χ2n) is 5.01. The van der Waals surface area contributed by atoms with E-state index in [1.807, 2.05) is 0 Å². The second kappa shape index (κ2) is 7.27. The van der Waals surface area contributed by atoms with E-state index in [2.05, 4.69) is 51.3 Å². The third kappa shape index (κ3) is 4.48. The molecule has 0 atom stereocenters. The van der Waals surface area contributed by atoms with Crippen molar-refractivity contribution in [2.24, 2.45) is 0 Å². The highest BCUT2D eigenvalue weighted by molar-refractivity contribution is 9.10. The van der Waals surface area contributed by atoms with Crippen molar-refractivity contribution in [1.82, 2.24) is 5.32 Å². The Kier molecular flexibility index (Phi) is 5.67. The quantitative estimate of drug-likeness (QED) is 0.794. The van der Waals surface area contributed by atoms with E-state index in [0.717, 1.165) is 32.3 Å². The molecule has 1 N–H and O–H groups in total. The van der Waals surface area contributed by atoms with Gasteiger partial charge in [-0.05, 0) is 53.4 Å². The molecular weight excluding hydrogens is 304 g/mol. The van der Waals surface area contributed by atoms with Crippen LogP contribution in [0.15, 0.2) is 22.7 Å². The summed E-state index contributed by atoms with van der Waals surface area (Å²) >= 11 is 3.69. The Bertz CT molecular complexity index is 407. The number of likely N-dealkylation sites (N-methyl/N-ethyl adjacent to an activating group) is 1. The summed E-state index contributed by atoms with van der Waals surface area (Å²) in [6, 6.07) is 7.39. The molecule has 1 fully saturated rings. The molecule has 0 amide bonds. The Balaban J connectivity index is 1.99. The van der Waals surface area contributed by atoms with E-state index >= 15 is 0 Å². The molecule has 4 heteroatoms. The summed E-state index contributed by atoms with van der Waals surface area (Å²) in [5, 5.41) is 3.54. The number of benzene rings is 1. The Morgan fingerprint density at radius 3 is 2.79 bits per heavy atom. The summed E-state index contributed by atoms with van der Waals surface area (Å²) in [5.74, 6) is 0. The predicted molar refractivity (Wildman–Crippen MR) is 83.8 cm³/mol. The Hall–Kier alpha value is -0.580. The number of methoxy groups -OCH3 is 1. The second-order valence-corrected chi connectivity index (χ2v) is 5.87. The number of rotatable bonds is 8. The van der Waals surface area contributed by atoms with Crippen LogP contribution >= 0.6 is 15.9 Å². The van der Waals surface area contributed by atoms with Gasteiger partial charge in [-0.3, -0.25) is 0 Å². The largest absolute Gasteiger partial charge is 0.383 e. The smallest absolute Gasteiger partial charge is 0.0637 e. The van der Waals surface area contributed by atoms with Gasteiger partial charge in [0.2, 0.25) is 0 Å². The minimum atomic E-state index is 0.755. The fourth-order valence-corrected chi connectivity index (χ4v) is 2.79. The topological polar surface area (TPSA) is 24.5 Å². The molecule has 1 aliphatic rings. The Morgan fingerprint density at radius 1 is 1.42 bits per heavy atom. The van der Waals surface area contributed by atoms with Crippen molar-refractivity contribution in [3.63, 3.8) is 0 Å². The van der Waals surface area contributed by atoms with E-state index in [4.69, 9.17) is 4.74 Å². The van der Waals surface area contributed by atoms with Crippen LogP contribution in [0.1, 0.15) is 25.3 Å². The van der Waals surface area contributed by atoms with E-state index < -0.39 is 0 Å². The Morgan fingerprint density at radius 2 is 2.21 bits per heavy atom. The van der Waals surface area contributed by atoms with E-state index in [1.54, 1.807) is 7.11 Å². The fourth-order valence-electron chi connectivity index (χ4n) is 2.12.